The van der Waals surface area contributed by atoms with Gasteiger partial charge in [0, 0.05) is 5.69 Å². The number of esters is 1. The molecule has 0 N–H and O–H groups in total. The van der Waals surface area contributed by atoms with Crippen molar-refractivity contribution >= 4 is 34.6 Å². The van der Waals surface area contributed by atoms with Gasteiger partial charge in [0.1, 0.15) is 6.54 Å². The molecule has 0 atom stereocenters. The number of carbonyl (C=O) groups is 2. The summed E-state index contributed by atoms with van der Waals surface area (Å²) in [5.41, 5.74) is 0.439. The molecular formula is C18H25N3O3S. The Morgan fingerprint density at radius 1 is 1.28 bits per heavy atom. The fourth-order valence-electron chi connectivity index (χ4n) is 2.22. The van der Waals surface area contributed by atoms with Gasteiger partial charge in [-0.2, -0.15) is 0 Å². The number of hydrogen-bond acceptors (Lipinski definition) is 5. The second-order valence-electron chi connectivity index (χ2n) is 7.01. The summed E-state index contributed by atoms with van der Waals surface area (Å²) in [6.07, 6.45) is -0.228. The standard InChI is InChI=1S/C18H25N3O3S/c1-13(2)24-15(22)11-20-16(19-18(3,4)5)25-12-21(17(20)23)14-9-7-6-8-10-14/h6-10,13H,11-12H2,1-5H3/b19-16-. The molecule has 0 aliphatic carbocycles. The molecule has 0 unspecified atom stereocenters. The Bertz CT molecular complexity index is 653. The van der Waals surface area contributed by atoms with E-state index in [0.29, 0.717) is 11.0 Å². The van der Waals surface area contributed by atoms with E-state index in [0.717, 1.165) is 5.69 Å². The van der Waals surface area contributed by atoms with Crippen LogP contribution < -0.4 is 4.90 Å². The van der Waals surface area contributed by atoms with Crippen LogP contribution in [0.1, 0.15) is 34.6 Å². The average Bonchev–Trinajstić information content (AvgIpc) is 2.50. The summed E-state index contributed by atoms with van der Waals surface area (Å²) < 4.78 is 5.21. The Labute approximate surface area is 153 Å². The predicted octanol–water partition coefficient (Wildman–Crippen LogP) is 3.73. The second kappa shape index (κ2) is 7.91. The second-order valence-corrected chi connectivity index (χ2v) is 7.92. The molecule has 1 aromatic rings. The number of amides is 2. The van der Waals surface area contributed by atoms with Crippen LogP contribution in [0.4, 0.5) is 10.5 Å². The van der Waals surface area contributed by atoms with Crippen LogP contribution in [0.2, 0.25) is 0 Å². The molecule has 7 heteroatoms. The summed E-state index contributed by atoms with van der Waals surface area (Å²) in [6, 6.07) is 9.13. The SMILES string of the molecule is CC(C)OC(=O)CN1C(=O)N(c2ccccc2)CS/C1=N\C(C)(C)C. The summed E-state index contributed by atoms with van der Waals surface area (Å²) in [5.74, 6) is 0.00786. The van der Waals surface area contributed by atoms with E-state index in [9.17, 15) is 9.59 Å². The van der Waals surface area contributed by atoms with E-state index in [-0.39, 0.29) is 24.2 Å². The van der Waals surface area contributed by atoms with Crippen molar-refractivity contribution in [1.82, 2.24) is 4.90 Å². The lowest BCUT2D eigenvalue weighted by atomic mass is 10.1. The molecule has 0 spiro atoms. The maximum Gasteiger partial charge on any atom is 0.331 e. The first kappa shape index (κ1) is 19.3. The number of benzene rings is 1. The van der Waals surface area contributed by atoms with E-state index >= 15 is 0 Å². The van der Waals surface area contributed by atoms with Crippen LogP contribution >= 0.6 is 11.8 Å². The van der Waals surface area contributed by atoms with Crippen LogP contribution in [0, 0.1) is 0 Å². The molecule has 1 aromatic carbocycles. The Hall–Kier alpha value is -2.02. The number of thioether (sulfide) groups is 1. The fraction of sp³-hybridized carbons (Fsp3) is 0.500. The molecule has 6 nitrogen and oxygen atoms in total. The third kappa shape index (κ3) is 5.49. The van der Waals surface area contributed by atoms with E-state index < -0.39 is 5.97 Å². The average molecular weight is 363 g/mol. The summed E-state index contributed by atoms with van der Waals surface area (Å²) in [6.45, 7) is 9.29. The van der Waals surface area contributed by atoms with E-state index in [4.69, 9.17) is 4.74 Å². The van der Waals surface area contributed by atoms with Gasteiger partial charge in [-0.1, -0.05) is 30.0 Å². The Morgan fingerprint density at radius 3 is 2.48 bits per heavy atom. The van der Waals surface area contributed by atoms with E-state index in [2.05, 4.69) is 4.99 Å². The molecule has 1 aliphatic heterocycles. The third-order valence-electron chi connectivity index (χ3n) is 3.17. The molecule has 1 aliphatic rings. The molecule has 0 radical (unpaired) electrons. The number of nitrogens with zero attached hydrogens (tertiary/aromatic N) is 3. The lowest BCUT2D eigenvalue weighted by molar-refractivity contribution is -0.147. The highest BCUT2D eigenvalue weighted by atomic mass is 32.2. The van der Waals surface area contributed by atoms with Crippen LogP contribution in [0.15, 0.2) is 35.3 Å². The topological polar surface area (TPSA) is 62.2 Å². The zero-order valence-corrected chi connectivity index (χ0v) is 16.2. The maximum absolute atomic E-state index is 13.0. The van der Waals surface area contributed by atoms with E-state index in [1.54, 1.807) is 18.7 Å². The van der Waals surface area contributed by atoms with Crippen molar-refractivity contribution in [2.75, 3.05) is 17.3 Å². The zero-order chi connectivity index (χ0) is 18.6. The van der Waals surface area contributed by atoms with Gasteiger partial charge in [-0.3, -0.25) is 19.6 Å². The molecular weight excluding hydrogens is 338 g/mol. The van der Waals surface area contributed by atoms with E-state index in [1.807, 2.05) is 51.1 Å². The number of para-hydroxylation sites is 1. The summed E-state index contributed by atoms with van der Waals surface area (Å²) in [7, 11) is 0. The molecule has 1 heterocycles. The smallest absolute Gasteiger partial charge is 0.331 e. The monoisotopic (exact) mass is 363 g/mol. The lowest BCUT2D eigenvalue weighted by Crippen LogP contribution is -2.52. The van der Waals surface area contributed by atoms with Gasteiger partial charge in [-0.25, -0.2) is 4.79 Å². The van der Waals surface area contributed by atoms with Crippen LogP contribution in [-0.4, -0.2) is 46.1 Å². The van der Waals surface area contributed by atoms with Gasteiger partial charge in [0.15, 0.2) is 5.17 Å². The summed E-state index contributed by atoms with van der Waals surface area (Å²) >= 11 is 1.44. The molecule has 0 saturated carbocycles. The molecule has 0 bridgehead atoms. The molecule has 1 saturated heterocycles. The van der Waals surface area contributed by atoms with Crippen molar-refractivity contribution in [3.8, 4) is 0 Å². The Kier molecular flexibility index (Phi) is 6.11. The van der Waals surface area contributed by atoms with Crippen molar-refractivity contribution < 1.29 is 14.3 Å². The summed E-state index contributed by atoms with van der Waals surface area (Å²) in [5, 5.41) is 0.547. The van der Waals surface area contributed by atoms with Gasteiger partial charge < -0.3 is 4.74 Å². The minimum Gasteiger partial charge on any atom is -0.462 e. The first-order valence-corrected chi connectivity index (χ1v) is 9.22. The minimum atomic E-state index is -0.444. The first-order chi connectivity index (χ1) is 11.7. The number of aliphatic imine (C=N–C) groups is 1. The van der Waals surface area contributed by atoms with Gasteiger partial charge in [-0.15, -0.1) is 0 Å². The Morgan fingerprint density at radius 2 is 1.92 bits per heavy atom. The van der Waals surface area contributed by atoms with Crippen LogP contribution in [0.5, 0.6) is 0 Å². The van der Waals surface area contributed by atoms with Crippen LogP contribution in [0.3, 0.4) is 0 Å². The number of urea groups is 1. The van der Waals surface area contributed by atoms with Crippen molar-refractivity contribution in [3.63, 3.8) is 0 Å². The van der Waals surface area contributed by atoms with Crippen molar-refractivity contribution in [1.29, 1.82) is 0 Å². The highest BCUT2D eigenvalue weighted by Crippen LogP contribution is 2.27. The van der Waals surface area contributed by atoms with Gasteiger partial charge >= 0.3 is 12.0 Å². The first-order valence-electron chi connectivity index (χ1n) is 8.23. The molecule has 2 rings (SSSR count). The number of anilines is 1. The van der Waals surface area contributed by atoms with Crippen molar-refractivity contribution in [2.24, 2.45) is 4.99 Å². The molecule has 136 valence electrons. The third-order valence-corrected chi connectivity index (χ3v) is 4.13. The van der Waals surface area contributed by atoms with Crippen molar-refractivity contribution in [3.05, 3.63) is 30.3 Å². The number of hydrogen-bond donors (Lipinski definition) is 0. The quantitative estimate of drug-likeness (QED) is 0.765. The number of ether oxygens (including phenoxy) is 1. The van der Waals surface area contributed by atoms with Gasteiger partial charge in [0.05, 0.1) is 17.5 Å². The highest BCUT2D eigenvalue weighted by molar-refractivity contribution is 8.14. The normalized spacial score (nSPS) is 17.4. The predicted molar refractivity (Wildman–Crippen MR) is 102 cm³/mol. The number of rotatable bonds is 4. The number of carbonyl (C=O) groups excluding carboxylic acids is 2. The largest absolute Gasteiger partial charge is 0.462 e. The fourth-order valence-corrected chi connectivity index (χ4v) is 3.36. The summed E-state index contributed by atoms with van der Waals surface area (Å²) in [4.78, 5) is 32.8. The molecule has 25 heavy (non-hydrogen) atoms. The zero-order valence-electron chi connectivity index (χ0n) is 15.4. The van der Waals surface area contributed by atoms with Gasteiger partial charge in [0.25, 0.3) is 0 Å². The molecule has 0 aromatic heterocycles. The maximum atomic E-state index is 13.0. The number of amidine groups is 1. The van der Waals surface area contributed by atoms with Crippen molar-refractivity contribution in [2.45, 2.75) is 46.3 Å². The highest BCUT2D eigenvalue weighted by Gasteiger charge is 2.34. The lowest BCUT2D eigenvalue weighted by Gasteiger charge is -2.36. The van der Waals surface area contributed by atoms with Crippen LogP contribution in [-0.2, 0) is 9.53 Å². The van der Waals surface area contributed by atoms with Gasteiger partial charge in [0.2, 0.25) is 0 Å². The van der Waals surface area contributed by atoms with E-state index in [1.165, 1.54) is 16.7 Å². The molecule has 1 fully saturated rings. The van der Waals surface area contributed by atoms with Crippen LogP contribution in [0.25, 0.3) is 0 Å². The minimum absolute atomic E-state index is 0.151. The Balaban J connectivity index is 2.28. The van der Waals surface area contributed by atoms with Gasteiger partial charge in [-0.05, 0) is 46.8 Å². The molecule has 2 amide bonds.